The molecule has 5 heteroatoms. The van der Waals surface area contributed by atoms with Gasteiger partial charge in [-0.15, -0.1) is 0 Å². The van der Waals surface area contributed by atoms with Crippen molar-refractivity contribution in [2.45, 2.75) is 97.4 Å². The maximum Gasteiger partial charge on any atom is 0.287 e. The molecular weight excluding hydrogens is 328 g/mol. The molecule has 26 heavy (non-hydrogen) atoms. The van der Waals surface area contributed by atoms with E-state index < -0.39 is 6.10 Å². The second kappa shape index (κ2) is 6.10. The van der Waals surface area contributed by atoms with Crippen molar-refractivity contribution in [3.8, 4) is 0 Å². The molecule has 0 saturated carbocycles. The Labute approximate surface area is 156 Å². The molecule has 1 aromatic heterocycles. The molecule has 1 amide bonds. The van der Waals surface area contributed by atoms with Crippen LogP contribution in [0.25, 0.3) is 0 Å². The number of carbonyl (C=O) groups is 1. The lowest BCUT2D eigenvalue weighted by Gasteiger charge is -2.46. The number of nitrogens with one attached hydrogen (secondary N) is 2. The third-order valence-electron chi connectivity index (χ3n) is 5.72. The van der Waals surface area contributed by atoms with E-state index in [9.17, 15) is 9.90 Å². The van der Waals surface area contributed by atoms with Gasteiger partial charge in [-0.25, -0.2) is 0 Å². The van der Waals surface area contributed by atoms with E-state index in [0.717, 1.165) is 36.1 Å². The van der Waals surface area contributed by atoms with Gasteiger partial charge in [0.05, 0.1) is 6.10 Å². The number of furan rings is 1. The zero-order valence-electron chi connectivity index (χ0n) is 17.2. The normalized spacial score (nSPS) is 27.0. The standard InChI is InChI=1S/C21H34N2O3/c1-12-16-14(24)10-19(2,3)11-15(16)26-17(12)18(25)22-13-8-20(4,5)23-21(6,7)9-13/h13-14,23-24H,8-11H2,1-7H3,(H,22,25). The number of hydrogen-bond acceptors (Lipinski definition) is 4. The molecular formula is C21H34N2O3. The van der Waals surface area contributed by atoms with Crippen LogP contribution >= 0.6 is 0 Å². The van der Waals surface area contributed by atoms with E-state index in [2.05, 4.69) is 52.2 Å². The summed E-state index contributed by atoms with van der Waals surface area (Å²) < 4.78 is 5.96. The molecule has 3 N–H and O–H groups in total. The molecule has 1 aliphatic carbocycles. The van der Waals surface area contributed by atoms with Crippen LogP contribution in [-0.4, -0.2) is 28.1 Å². The second-order valence-electron chi connectivity index (χ2n) is 10.4. The van der Waals surface area contributed by atoms with E-state index in [4.69, 9.17) is 4.42 Å². The molecule has 1 unspecified atom stereocenters. The van der Waals surface area contributed by atoms with E-state index in [0.29, 0.717) is 12.2 Å². The van der Waals surface area contributed by atoms with E-state index in [1.165, 1.54) is 0 Å². The number of amides is 1. The van der Waals surface area contributed by atoms with Crippen molar-refractivity contribution in [1.29, 1.82) is 0 Å². The number of aliphatic hydroxyl groups excluding tert-OH is 1. The highest BCUT2D eigenvalue weighted by atomic mass is 16.4. The fraction of sp³-hybridized carbons (Fsp3) is 0.762. The monoisotopic (exact) mass is 362 g/mol. The predicted octanol–water partition coefficient (Wildman–Crippen LogP) is 3.63. The molecule has 1 aliphatic heterocycles. The number of aliphatic hydroxyl groups is 1. The Hall–Kier alpha value is -1.33. The van der Waals surface area contributed by atoms with Crippen LogP contribution in [0.3, 0.4) is 0 Å². The minimum Gasteiger partial charge on any atom is -0.455 e. The van der Waals surface area contributed by atoms with Gasteiger partial charge in [-0.1, -0.05) is 13.8 Å². The highest BCUT2D eigenvalue weighted by Crippen LogP contribution is 2.44. The van der Waals surface area contributed by atoms with Crippen molar-refractivity contribution < 1.29 is 14.3 Å². The summed E-state index contributed by atoms with van der Waals surface area (Å²) in [5, 5.41) is 17.3. The molecule has 2 aliphatic rings. The average molecular weight is 363 g/mol. The number of piperidine rings is 1. The highest BCUT2D eigenvalue weighted by Gasteiger charge is 2.40. The number of fused-ring (bicyclic) bond motifs is 1. The van der Waals surface area contributed by atoms with Crippen molar-refractivity contribution in [1.82, 2.24) is 10.6 Å². The first-order valence-corrected chi connectivity index (χ1v) is 9.69. The largest absolute Gasteiger partial charge is 0.455 e. The molecule has 0 aromatic carbocycles. The molecule has 0 spiro atoms. The Bertz CT molecular complexity index is 699. The average Bonchev–Trinajstić information content (AvgIpc) is 2.70. The SMILES string of the molecule is Cc1c(C(=O)NC2CC(C)(C)NC(C)(C)C2)oc2c1C(O)CC(C)(C)C2. The van der Waals surface area contributed by atoms with Gasteiger partial charge in [0.25, 0.3) is 5.91 Å². The first-order valence-electron chi connectivity index (χ1n) is 9.69. The van der Waals surface area contributed by atoms with Gasteiger partial charge in [-0.2, -0.15) is 0 Å². The van der Waals surface area contributed by atoms with Gasteiger partial charge in [0, 0.05) is 34.7 Å². The topological polar surface area (TPSA) is 74.5 Å². The molecule has 1 saturated heterocycles. The first kappa shape index (κ1) is 19.4. The third kappa shape index (κ3) is 3.84. The predicted molar refractivity (Wildman–Crippen MR) is 102 cm³/mol. The Morgan fingerprint density at radius 2 is 1.69 bits per heavy atom. The number of carbonyl (C=O) groups excluding carboxylic acids is 1. The van der Waals surface area contributed by atoms with Crippen LogP contribution in [0.1, 0.15) is 94.4 Å². The quantitative estimate of drug-likeness (QED) is 0.751. The maximum atomic E-state index is 12.9. The summed E-state index contributed by atoms with van der Waals surface area (Å²) >= 11 is 0. The van der Waals surface area contributed by atoms with E-state index in [1.807, 2.05) is 6.92 Å². The van der Waals surface area contributed by atoms with Gasteiger partial charge in [-0.05, 0) is 59.3 Å². The lowest BCUT2D eigenvalue weighted by molar-refractivity contribution is 0.0826. The van der Waals surface area contributed by atoms with Gasteiger partial charge < -0.3 is 20.2 Å². The first-order chi connectivity index (χ1) is 11.8. The fourth-order valence-electron chi connectivity index (χ4n) is 5.18. The lowest BCUT2D eigenvalue weighted by atomic mass is 9.75. The van der Waals surface area contributed by atoms with Crippen molar-refractivity contribution in [2.24, 2.45) is 5.41 Å². The van der Waals surface area contributed by atoms with E-state index in [1.54, 1.807) is 0 Å². The maximum absolute atomic E-state index is 12.9. The smallest absolute Gasteiger partial charge is 0.287 e. The minimum atomic E-state index is -0.559. The van der Waals surface area contributed by atoms with Gasteiger partial charge in [0.1, 0.15) is 5.76 Å². The molecule has 0 bridgehead atoms. The van der Waals surface area contributed by atoms with Gasteiger partial charge in [0.15, 0.2) is 5.76 Å². The van der Waals surface area contributed by atoms with Crippen molar-refractivity contribution in [3.05, 3.63) is 22.6 Å². The molecule has 1 aromatic rings. The summed E-state index contributed by atoms with van der Waals surface area (Å²) in [5.41, 5.74) is 1.52. The van der Waals surface area contributed by atoms with Crippen LogP contribution in [0.4, 0.5) is 0 Å². The van der Waals surface area contributed by atoms with Gasteiger partial charge in [0.2, 0.25) is 0 Å². The Morgan fingerprint density at radius 1 is 1.12 bits per heavy atom. The van der Waals surface area contributed by atoms with Crippen molar-refractivity contribution >= 4 is 5.91 Å². The summed E-state index contributed by atoms with van der Waals surface area (Å²) in [6, 6.07) is 0.0941. The minimum absolute atomic E-state index is 0.0203. The Kier molecular flexibility index (Phi) is 4.56. The molecule has 1 atom stereocenters. The van der Waals surface area contributed by atoms with Gasteiger partial charge in [-0.3, -0.25) is 4.79 Å². The molecule has 146 valence electrons. The van der Waals surface area contributed by atoms with Crippen LogP contribution in [0.2, 0.25) is 0 Å². The zero-order valence-corrected chi connectivity index (χ0v) is 17.2. The number of hydrogen-bond donors (Lipinski definition) is 3. The summed E-state index contributed by atoms with van der Waals surface area (Å²) in [6.07, 6.45) is 2.63. The highest BCUT2D eigenvalue weighted by molar-refractivity contribution is 5.93. The van der Waals surface area contributed by atoms with E-state index >= 15 is 0 Å². The summed E-state index contributed by atoms with van der Waals surface area (Å²) in [5.74, 6) is 0.962. The van der Waals surface area contributed by atoms with Crippen molar-refractivity contribution in [3.63, 3.8) is 0 Å². The molecule has 5 nitrogen and oxygen atoms in total. The summed E-state index contributed by atoms with van der Waals surface area (Å²) in [7, 11) is 0. The molecule has 1 fully saturated rings. The van der Waals surface area contributed by atoms with E-state index in [-0.39, 0.29) is 28.4 Å². The van der Waals surface area contributed by atoms with Gasteiger partial charge >= 0.3 is 0 Å². The fourth-order valence-corrected chi connectivity index (χ4v) is 5.18. The Balaban J connectivity index is 1.81. The zero-order chi connectivity index (χ0) is 19.5. The Morgan fingerprint density at radius 3 is 2.27 bits per heavy atom. The van der Waals surface area contributed by atoms with Crippen LogP contribution < -0.4 is 10.6 Å². The van der Waals surface area contributed by atoms with Crippen LogP contribution in [0.15, 0.2) is 4.42 Å². The summed E-state index contributed by atoms with van der Waals surface area (Å²) in [4.78, 5) is 12.9. The number of rotatable bonds is 2. The van der Waals surface area contributed by atoms with Crippen LogP contribution in [0, 0.1) is 12.3 Å². The van der Waals surface area contributed by atoms with Crippen LogP contribution in [0.5, 0.6) is 0 Å². The third-order valence-corrected chi connectivity index (χ3v) is 5.72. The molecule has 0 radical (unpaired) electrons. The summed E-state index contributed by atoms with van der Waals surface area (Å²) in [6.45, 7) is 14.8. The lowest BCUT2D eigenvalue weighted by Crippen LogP contribution is -2.62. The van der Waals surface area contributed by atoms with Crippen molar-refractivity contribution in [2.75, 3.05) is 0 Å². The molecule has 2 heterocycles. The molecule has 3 rings (SSSR count). The second-order valence-corrected chi connectivity index (χ2v) is 10.4. The van der Waals surface area contributed by atoms with Crippen LogP contribution in [-0.2, 0) is 6.42 Å².